The van der Waals surface area contributed by atoms with E-state index in [1.807, 2.05) is 36.4 Å². The van der Waals surface area contributed by atoms with Crippen molar-refractivity contribution in [3.63, 3.8) is 0 Å². The molecule has 0 atom stereocenters. The molecule has 0 aliphatic heterocycles. The fourth-order valence-corrected chi connectivity index (χ4v) is 4.23. The lowest BCUT2D eigenvalue weighted by Crippen LogP contribution is -2.15. The molecule has 0 unspecified atom stereocenters. The van der Waals surface area contributed by atoms with Crippen molar-refractivity contribution >= 4 is 26.6 Å². The molecule has 6 heteroatoms. The quantitative estimate of drug-likeness (QED) is 0.552. The predicted octanol–water partition coefficient (Wildman–Crippen LogP) is 4.03. The van der Waals surface area contributed by atoms with Gasteiger partial charge in [-0.05, 0) is 21.9 Å². The third kappa shape index (κ3) is 4.17. The number of fused-ring (bicyclic) bond motifs is 1. The van der Waals surface area contributed by atoms with Crippen molar-refractivity contribution in [2.24, 2.45) is 0 Å². The van der Waals surface area contributed by atoms with Gasteiger partial charge in [-0.1, -0.05) is 72.8 Å². The Morgan fingerprint density at radius 2 is 1.59 bits per heavy atom. The third-order valence-corrected chi connectivity index (χ3v) is 5.55. The molecule has 0 radical (unpaired) electrons. The Morgan fingerprint density at radius 1 is 0.852 bits per heavy atom. The zero-order valence-corrected chi connectivity index (χ0v) is 15.4. The van der Waals surface area contributed by atoms with Crippen LogP contribution in [0.5, 0.6) is 0 Å². The Bertz CT molecular complexity index is 1160. The van der Waals surface area contributed by atoms with Crippen LogP contribution >= 0.6 is 0 Å². The van der Waals surface area contributed by atoms with Crippen LogP contribution in [0.3, 0.4) is 0 Å². The first kappa shape index (κ1) is 17.3. The first-order valence-corrected chi connectivity index (χ1v) is 10.3. The van der Waals surface area contributed by atoms with E-state index < -0.39 is 10.0 Å². The Kier molecular flexibility index (Phi) is 4.64. The van der Waals surface area contributed by atoms with E-state index in [-0.39, 0.29) is 5.75 Å². The smallest absolute Gasteiger partial charge is 0.238 e. The second-order valence-corrected chi connectivity index (χ2v) is 8.11. The highest BCUT2D eigenvalue weighted by Gasteiger charge is 2.13. The van der Waals surface area contributed by atoms with E-state index in [1.165, 1.54) is 10.8 Å². The molecule has 136 valence electrons. The Hall–Kier alpha value is -3.12. The second kappa shape index (κ2) is 7.25. The molecule has 1 N–H and O–H groups in total. The minimum atomic E-state index is -3.51. The molecule has 1 heterocycles. The van der Waals surface area contributed by atoms with Gasteiger partial charge in [-0.15, -0.1) is 0 Å². The van der Waals surface area contributed by atoms with Crippen molar-refractivity contribution in [3.8, 4) is 0 Å². The van der Waals surface area contributed by atoms with Crippen molar-refractivity contribution in [1.82, 2.24) is 9.78 Å². The lowest BCUT2D eigenvalue weighted by molar-refractivity contribution is 0.600. The molecule has 0 amide bonds. The maximum Gasteiger partial charge on any atom is 0.238 e. The van der Waals surface area contributed by atoms with Crippen LogP contribution < -0.4 is 4.72 Å². The maximum atomic E-state index is 12.4. The lowest BCUT2D eigenvalue weighted by Gasteiger charge is -2.07. The monoisotopic (exact) mass is 377 g/mol. The van der Waals surface area contributed by atoms with Crippen LogP contribution in [0.2, 0.25) is 0 Å². The van der Waals surface area contributed by atoms with Crippen LogP contribution in [-0.4, -0.2) is 18.2 Å². The molecule has 5 nitrogen and oxygen atoms in total. The summed E-state index contributed by atoms with van der Waals surface area (Å²) in [6, 6.07) is 25.1. The SMILES string of the molecule is O=S(=O)(Cc1ccccc1)Nc1ccn(Cc2cccc3ccccc23)n1. The van der Waals surface area contributed by atoms with Crippen LogP contribution in [0.1, 0.15) is 11.1 Å². The van der Waals surface area contributed by atoms with E-state index in [9.17, 15) is 8.42 Å². The molecule has 4 rings (SSSR count). The van der Waals surface area contributed by atoms with Gasteiger partial charge in [0.25, 0.3) is 0 Å². The fraction of sp³-hybridized carbons (Fsp3) is 0.0952. The summed E-state index contributed by atoms with van der Waals surface area (Å²) < 4.78 is 29.0. The molecule has 3 aromatic carbocycles. The van der Waals surface area contributed by atoms with Crippen molar-refractivity contribution < 1.29 is 8.42 Å². The third-order valence-electron chi connectivity index (χ3n) is 4.31. The summed E-state index contributed by atoms with van der Waals surface area (Å²) in [5.41, 5.74) is 1.87. The minimum absolute atomic E-state index is 0.0793. The summed E-state index contributed by atoms with van der Waals surface area (Å²) in [7, 11) is -3.51. The highest BCUT2D eigenvalue weighted by Crippen LogP contribution is 2.20. The lowest BCUT2D eigenvalue weighted by atomic mass is 10.0. The van der Waals surface area contributed by atoms with Gasteiger partial charge in [0, 0.05) is 12.3 Å². The standard InChI is InChI=1S/C21H19N3O2S/c25-27(26,16-17-7-2-1-3-8-17)23-21-13-14-24(22-21)15-19-11-6-10-18-9-4-5-12-20(18)19/h1-14H,15-16H2,(H,22,23). The molecule has 1 aromatic heterocycles. The fourth-order valence-electron chi connectivity index (χ4n) is 3.10. The molecular weight excluding hydrogens is 358 g/mol. The van der Waals surface area contributed by atoms with Crippen LogP contribution in [0, 0.1) is 0 Å². The highest BCUT2D eigenvalue weighted by molar-refractivity contribution is 7.91. The molecule has 0 fully saturated rings. The topological polar surface area (TPSA) is 64.0 Å². The number of sulfonamides is 1. The van der Waals surface area contributed by atoms with E-state index in [0.717, 1.165) is 11.1 Å². The summed E-state index contributed by atoms with van der Waals surface area (Å²) in [6.07, 6.45) is 1.78. The molecule has 0 saturated carbocycles. The predicted molar refractivity (Wildman–Crippen MR) is 108 cm³/mol. The zero-order chi connectivity index (χ0) is 18.7. The summed E-state index contributed by atoms with van der Waals surface area (Å²) in [4.78, 5) is 0. The minimum Gasteiger partial charge on any atom is -0.266 e. The summed E-state index contributed by atoms with van der Waals surface area (Å²) in [6.45, 7) is 0.571. The van der Waals surface area contributed by atoms with E-state index in [1.54, 1.807) is 29.1 Å². The Labute approximate surface area is 158 Å². The number of anilines is 1. The summed E-state index contributed by atoms with van der Waals surface area (Å²) in [5.74, 6) is 0.246. The zero-order valence-electron chi connectivity index (χ0n) is 14.6. The van der Waals surface area contributed by atoms with Crippen molar-refractivity contribution in [1.29, 1.82) is 0 Å². The number of hydrogen-bond acceptors (Lipinski definition) is 3. The van der Waals surface area contributed by atoms with Crippen molar-refractivity contribution in [2.75, 3.05) is 4.72 Å². The number of aromatic nitrogens is 2. The van der Waals surface area contributed by atoms with E-state index in [2.05, 4.69) is 34.1 Å². The van der Waals surface area contributed by atoms with Gasteiger partial charge in [0.2, 0.25) is 10.0 Å². The number of rotatable bonds is 6. The average molecular weight is 377 g/mol. The number of hydrogen-bond donors (Lipinski definition) is 1. The van der Waals surface area contributed by atoms with Gasteiger partial charge < -0.3 is 0 Å². The maximum absolute atomic E-state index is 12.4. The first-order valence-electron chi connectivity index (χ1n) is 8.64. The van der Waals surface area contributed by atoms with Crippen LogP contribution in [0.4, 0.5) is 5.82 Å². The van der Waals surface area contributed by atoms with Gasteiger partial charge in [-0.25, -0.2) is 8.42 Å². The largest absolute Gasteiger partial charge is 0.266 e. The van der Waals surface area contributed by atoms with Gasteiger partial charge in [0.15, 0.2) is 5.82 Å². The van der Waals surface area contributed by atoms with Crippen molar-refractivity contribution in [3.05, 3.63) is 96.2 Å². The molecule has 4 aromatic rings. The molecule has 0 aliphatic carbocycles. The molecule has 0 saturated heterocycles. The Morgan fingerprint density at radius 3 is 2.44 bits per heavy atom. The van der Waals surface area contributed by atoms with Crippen LogP contribution in [-0.2, 0) is 22.3 Å². The van der Waals surface area contributed by atoms with Crippen molar-refractivity contribution in [2.45, 2.75) is 12.3 Å². The molecular formula is C21H19N3O2S. The number of nitrogens with zero attached hydrogens (tertiary/aromatic N) is 2. The van der Waals surface area contributed by atoms with E-state index in [4.69, 9.17) is 0 Å². The molecule has 27 heavy (non-hydrogen) atoms. The van der Waals surface area contributed by atoms with Gasteiger partial charge in [0.1, 0.15) is 0 Å². The summed E-state index contributed by atoms with van der Waals surface area (Å²) >= 11 is 0. The van der Waals surface area contributed by atoms with Gasteiger partial charge in [0.05, 0.1) is 12.3 Å². The van der Waals surface area contributed by atoms with Gasteiger partial charge >= 0.3 is 0 Å². The normalized spacial score (nSPS) is 11.6. The van der Waals surface area contributed by atoms with Gasteiger partial charge in [-0.2, -0.15) is 5.10 Å². The second-order valence-electron chi connectivity index (χ2n) is 6.38. The molecule has 0 bridgehead atoms. The average Bonchev–Trinajstić information content (AvgIpc) is 3.08. The van der Waals surface area contributed by atoms with Crippen LogP contribution in [0.15, 0.2) is 85.1 Å². The molecule has 0 aliphatic rings. The van der Waals surface area contributed by atoms with Crippen LogP contribution in [0.25, 0.3) is 10.8 Å². The van der Waals surface area contributed by atoms with Gasteiger partial charge in [-0.3, -0.25) is 9.40 Å². The Balaban J connectivity index is 1.50. The first-order chi connectivity index (χ1) is 13.1. The highest BCUT2D eigenvalue weighted by atomic mass is 32.2. The van der Waals surface area contributed by atoms with E-state index >= 15 is 0 Å². The number of nitrogens with one attached hydrogen (secondary N) is 1. The number of benzene rings is 3. The molecule has 0 spiro atoms. The van der Waals surface area contributed by atoms with E-state index in [0.29, 0.717) is 12.4 Å². The summed E-state index contributed by atoms with van der Waals surface area (Å²) in [5, 5.41) is 6.71.